The Morgan fingerprint density at radius 3 is 3.00 bits per heavy atom. The first-order valence-corrected chi connectivity index (χ1v) is 6.22. The van der Waals surface area contributed by atoms with Crippen LogP contribution in [0.25, 0.3) is 0 Å². The van der Waals surface area contributed by atoms with Crippen LogP contribution in [0.2, 0.25) is 5.15 Å². The Balaban J connectivity index is 1.97. The van der Waals surface area contributed by atoms with Crippen molar-refractivity contribution in [1.82, 2.24) is 15.2 Å². The zero-order chi connectivity index (χ0) is 11.4. The minimum absolute atomic E-state index is 0.564. The smallest absolute Gasteiger partial charge is 0.129 e. The van der Waals surface area contributed by atoms with E-state index in [1.807, 2.05) is 12.3 Å². The fourth-order valence-electron chi connectivity index (χ4n) is 2.18. The maximum Gasteiger partial charge on any atom is 0.129 e. The molecule has 1 aromatic heterocycles. The summed E-state index contributed by atoms with van der Waals surface area (Å²) in [6.45, 7) is 6.50. The molecule has 0 radical (unpaired) electrons. The zero-order valence-electron chi connectivity index (χ0n) is 9.62. The maximum absolute atomic E-state index is 5.77. The van der Waals surface area contributed by atoms with E-state index in [1.165, 1.54) is 12.0 Å². The van der Waals surface area contributed by atoms with Crippen LogP contribution in [0.15, 0.2) is 18.3 Å². The molecule has 0 spiro atoms. The molecule has 2 rings (SSSR count). The summed E-state index contributed by atoms with van der Waals surface area (Å²) in [6.07, 6.45) is 3.11. The van der Waals surface area contributed by atoms with Crippen molar-refractivity contribution in [3.8, 4) is 0 Å². The Bertz CT molecular complexity index is 320. The molecule has 1 saturated heterocycles. The van der Waals surface area contributed by atoms with Crippen molar-refractivity contribution in [3.63, 3.8) is 0 Å². The normalized spacial score (nSPS) is 20.6. The number of halogens is 1. The molecule has 1 unspecified atom stereocenters. The standard InChI is InChI=1S/C12H18ClN3/c1-2-16(11-5-6-14-8-11)9-10-3-4-12(13)15-7-10/h3-4,7,11,14H,2,5-6,8-9H2,1H3. The number of aromatic nitrogens is 1. The van der Waals surface area contributed by atoms with Crippen LogP contribution in [0.3, 0.4) is 0 Å². The lowest BCUT2D eigenvalue weighted by Gasteiger charge is -2.26. The van der Waals surface area contributed by atoms with Gasteiger partial charge < -0.3 is 5.32 Å². The van der Waals surface area contributed by atoms with E-state index in [0.29, 0.717) is 11.2 Å². The highest BCUT2D eigenvalue weighted by atomic mass is 35.5. The van der Waals surface area contributed by atoms with Gasteiger partial charge in [0.2, 0.25) is 0 Å². The summed E-state index contributed by atoms with van der Waals surface area (Å²) < 4.78 is 0. The van der Waals surface area contributed by atoms with Crippen LogP contribution >= 0.6 is 11.6 Å². The fraction of sp³-hybridized carbons (Fsp3) is 0.583. The van der Waals surface area contributed by atoms with E-state index in [9.17, 15) is 0 Å². The van der Waals surface area contributed by atoms with E-state index in [4.69, 9.17) is 11.6 Å². The lowest BCUT2D eigenvalue weighted by atomic mass is 10.2. The minimum atomic E-state index is 0.564. The molecule has 0 amide bonds. The minimum Gasteiger partial charge on any atom is -0.315 e. The largest absolute Gasteiger partial charge is 0.315 e. The molecular formula is C12H18ClN3. The number of hydrogen-bond acceptors (Lipinski definition) is 3. The zero-order valence-corrected chi connectivity index (χ0v) is 10.4. The van der Waals surface area contributed by atoms with Crippen LogP contribution < -0.4 is 5.32 Å². The van der Waals surface area contributed by atoms with Gasteiger partial charge >= 0.3 is 0 Å². The van der Waals surface area contributed by atoms with E-state index in [1.54, 1.807) is 0 Å². The summed E-state index contributed by atoms with van der Waals surface area (Å²) >= 11 is 5.77. The molecule has 1 aromatic rings. The quantitative estimate of drug-likeness (QED) is 0.814. The van der Waals surface area contributed by atoms with Gasteiger partial charge in [0.05, 0.1) is 0 Å². The van der Waals surface area contributed by atoms with Crippen LogP contribution in [0, 0.1) is 0 Å². The first kappa shape index (κ1) is 11.8. The van der Waals surface area contributed by atoms with Gasteiger partial charge in [-0.3, -0.25) is 4.90 Å². The van der Waals surface area contributed by atoms with E-state index < -0.39 is 0 Å². The summed E-state index contributed by atoms with van der Waals surface area (Å²) in [5, 5.41) is 3.97. The monoisotopic (exact) mass is 239 g/mol. The summed E-state index contributed by atoms with van der Waals surface area (Å²) in [4.78, 5) is 6.61. The topological polar surface area (TPSA) is 28.2 Å². The second kappa shape index (κ2) is 5.62. The van der Waals surface area contributed by atoms with E-state index in [-0.39, 0.29) is 0 Å². The molecule has 0 saturated carbocycles. The SMILES string of the molecule is CCN(Cc1ccc(Cl)nc1)C1CCNC1. The molecule has 88 valence electrons. The van der Waals surface area contributed by atoms with E-state index in [2.05, 4.69) is 28.2 Å². The predicted octanol–water partition coefficient (Wildman–Crippen LogP) is 1.92. The second-order valence-corrected chi connectivity index (χ2v) is 4.59. The molecular weight excluding hydrogens is 222 g/mol. The lowest BCUT2D eigenvalue weighted by molar-refractivity contribution is 0.210. The van der Waals surface area contributed by atoms with Crippen molar-refractivity contribution >= 4 is 11.6 Å². The molecule has 1 fully saturated rings. The Kier molecular flexibility index (Phi) is 4.16. The van der Waals surface area contributed by atoms with Crippen LogP contribution in [0.1, 0.15) is 18.9 Å². The summed E-state index contributed by atoms with van der Waals surface area (Å²) in [7, 11) is 0. The Labute approximate surface area is 102 Å². The average molecular weight is 240 g/mol. The van der Waals surface area contributed by atoms with Gasteiger partial charge in [-0.1, -0.05) is 24.6 Å². The van der Waals surface area contributed by atoms with Crippen molar-refractivity contribution in [2.75, 3.05) is 19.6 Å². The van der Waals surface area contributed by atoms with Crippen molar-refractivity contribution in [1.29, 1.82) is 0 Å². The summed E-state index contributed by atoms with van der Waals surface area (Å²) in [6, 6.07) is 4.58. The van der Waals surface area contributed by atoms with Crippen LogP contribution in [-0.4, -0.2) is 35.6 Å². The molecule has 1 atom stereocenters. The number of hydrogen-bond donors (Lipinski definition) is 1. The average Bonchev–Trinajstić information content (AvgIpc) is 2.82. The highest BCUT2D eigenvalue weighted by Gasteiger charge is 2.20. The first-order chi connectivity index (χ1) is 7.79. The highest BCUT2D eigenvalue weighted by Crippen LogP contribution is 2.13. The molecule has 4 heteroatoms. The van der Waals surface area contributed by atoms with Crippen LogP contribution in [0.4, 0.5) is 0 Å². The van der Waals surface area contributed by atoms with Gasteiger partial charge in [0.25, 0.3) is 0 Å². The third-order valence-electron chi connectivity index (χ3n) is 3.13. The number of nitrogens with one attached hydrogen (secondary N) is 1. The Hall–Kier alpha value is -0.640. The maximum atomic E-state index is 5.77. The second-order valence-electron chi connectivity index (χ2n) is 4.20. The van der Waals surface area contributed by atoms with Gasteiger partial charge in [0.1, 0.15) is 5.15 Å². The van der Waals surface area contributed by atoms with Crippen molar-refractivity contribution in [3.05, 3.63) is 29.0 Å². The van der Waals surface area contributed by atoms with E-state index >= 15 is 0 Å². The van der Waals surface area contributed by atoms with Gasteiger partial charge in [0, 0.05) is 25.3 Å². The van der Waals surface area contributed by atoms with Gasteiger partial charge in [0.15, 0.2) is 0 Å². The highest BCUT2D eigenvalue weighted by molar-refractivity contribution is 6.29. The van der Waals surface area contributed by atoms with Crippen LogP contribution in [-0.2, 0) is 6.54 Å². The molecule has 16 heavy (non-hydrogen) atoms. The lowest BCUT2D eigenvalue weighted by Crippen LogP contribution is -2.36. The molecule has 0 aromatic carbocycles. The summed E-state index contributed by atoms with van der Waals surface area (Å²) in [5.74, 6) is 0. The molecule has 3 nitrogen and oxygen atoms in total. The third-order valence-corrected chi connectivity index (χ3v) is 3.35. The molecule has 2 heterocycles. The van der Waals surface area contributed by atoms with Gasteiger partial charge in [-0.05, 0) is 31.1 Å². The predicted molar refractivity (Wildman–Crippen MR) is 66.6 cm³/mol. The first-order valence-electron chi connectivity index (χ1n) is 5.85. The Morgan fingerprint density at radius 1 is 1.56 bits per heavy atom. The van der Waals surface area contributed by atoms with Gasteiger partial charge in [-0.2, -0.15) is 0 Å². The molecule has 0 bridgehead atoms. The molecule has 0 aliphatic carbocycles. The number of pyridine rings is 1. The third kappa shape index (κ3) is 2.94. The molecule has 1 aliphatic heterocycles. The number of likely N-dealkylation sites (N-methyl/N-ethyl adjacent to an activating group) is 1. The summed E-state index contributed by atoms with van der Waals surface area (Å²) in [5.41, 5.74) is 1.23. The fourth-order valence-corrected chi connectivity index (χ4v) is 2.30. The van der Waals surface area contributed by atoms with E-state index in [0.717, 1.165) is 26.2 Å². The van der Waals surface area contributed by atoms with Crippen LogP contribution in [0.5, 0.6) is 0 Å². The molecule has 1 aliphatic rings. The van der Waals surface area contributed by atoms with Gasteiger partial charge in [-0.25, -0.2) is 4.98 Å². The number of nitrogens with zero attached hydrogens (tertiary/aromatic N) is 2. The Morgan fingerprint density at radius 2 is 2.44 bits per heavy atom. The van der Waals surface area contributed by atoms with Crippen molar-refractivity contribution in [2.45, 2.75) is 25.9 Å². The molecule has 1 N–H and O–H groups in total. The van der Waals surface area contributed by atoms with Crippen molar-refractivity contribution in [2.24, 2.45) is 0 Å². The number of rotatable bonds is 4. The van der Waals surface area contributed by atoms with Gasteiger partial charge in [-0.15, -0.1) is 0 Å². The van der Waals surface area contributed by atoms with Crippen molar-refractivity contribution < 1.29 is 0 Å².